The smallest absolute Gasteiger partial charge is 0.421 e. The van der Waals surface area contributed by atoms with Crippen LogP contribution < -0.4 is 9.64 Å². The SMILES string of the molecule is CCc1ccc(N(C)c2nc(OC(C)(C)C)ncc2C(F)(F)F)cc1. The molecule has 0 amide bonds. The lowest BCUT2D eigenvalue weighted by molar-refractivity contribution is -0.137. The summed E-state index contributed by atoms with van der Waals surface area (Å²) < 4.78 is 45.6. The molecule has 1 aromatic heterocycles. The Kier molecular flexibility index (Phi) is 5.25. The van der Waals surface area contributed by atoms with Crippen LogP contribution in [0.4, 0.5) is 24.7 Å². The largest absolute Gasteiger partial charge is 0.458 e. The number of ether oxygens (including phenoxy) is 1. The molecule has 0 bridgehead atoms. The Bertz CT molecular complexity index is 722. The molecule has 0 spiro atoms. The van der Waals surface area contributed by atoms with Crippen molar-refractivity contribution < 1.29 is 17.9 Å². The van der Waals surface area contributed by atoms with Crippen molar-refractivity contribution in [2.24, 2.45) is 0 Å². The van der Waals surface area contributed by atoms with Gasteiger partial charge in [-0.2, -0.15) is 18.2 Å². The van der Waals surface area contributed by atoms with Gasteiger partial charge in [0.2, 0.25) is 0 Å². The standard InChI is InChI=1S/C18H22F3N3O/c1-6-12-7-9-13(10-8-12)24(5)15-14(18(19,20)21)11-22-16(23-15)25-17(2,3)4/h7-11H,6H2,1-5H3. The highest BCUT2D eigenvalue weighted by molar-refractivity contribution is 5.63. The molecule has 0 N–H and O–H groups in total. The number of aromatic nitrogens is 2. The monoisotopic (exact) mass is 353 g/mol. The summed E-state index contributed by atoms with van der Waals surface area (Å²) in [6.07, 6.45) is -2.94. The third kappa shape index (κ3) is 4.84. The second-order valence-electron chi connectivity index (χ2n) is 6.68. The Labute approximate surface area is 145 Å². The first-order valence-electron chi connectivity index (χ1n) is 7.97. The van der Waals surface area contributed by atoms with Crippen LogP contribution in [0.25, 0.3) is 0 Å². The lowest BCUT2D eigenvalue weighted by Crippen LogP contribution is -2.26. The van der Waals surface area contributed by atoms with Crippen molar-refractivity contribution in [3.63, 3.8) is 0 Å². The molecule has 0 aliphatic carbocycles. The van der Waals surface area contributed by atoms with Crippen molar-refractivity contribution in [3.8, 4) is 6.01 Å². The lowest BCUT2D eigenvalue weighted by Gasteiger charge is -2.24. The Balaban J connectivity index is 2.48. The first-order valence-corrected chi connectivity index (χ1v) is 7.97. The quantitative estimate of drug-likeness (QED) is 0.775. The van der Waals surface area contributed by atoms with Crippen LogP contribution in [0.3, 0.4) is 0 Å². The molecule has 0 atom stereocenters. The lowest BCUT2D eigenvalue weighted by atomic mass is 10.1. The topological polar surface area (TPSA) is 38.2 Å². The summed E-state index contributed by atoms with van der Waals surface area (Å²) in [5, 5.41) is 0. The fraction of sp³-hybridized carbons (Fsp3) is 0.444. The van der Waals surface area contributed by atoms with Gasteiger partial charge >= 0.3 is 12.2 Å². The molecule has 0 saturated carbocycles. The van der Waals surface area contributed by atoms with Crippen LogP contribution in [0.5, 0.6) is 6.01 Å². The molecular formula is C18H22F3N3O. The molecule has 0 radical (unpaired) electrons. The molecule has 1 aromatic carbocycles. The van der Waals surface area contributed by atoms with Crippen molar-refractivity contribution in [2.75, 3.05) is 11.9 Å². The highest BCUT2D eigenvalue weighted by atomic mass is 19.4. The third-order valence-electron chi connectivity index (χ3n) is 3.50. The number of rotatable bonds is 4. The zero-order chi connectivity index (χ0) is 18.8. The van der Waals surface area contributed by atoms with Crippen molar-refractivity contribution in [3.05, 3.63) is 41.6 Å². The van der Waals surface area contributed by atoms with Crippen molar-refractivity contribution >= 4 is 11.5 Å². The van der Waals surface area contributed by atoms with Gasteiger partial charge in [-0.15, -0.1) is 0 Å². The van der Waals surface area contributed by atoms with Crippen molar-refractivity contribution in [1.29, 1.82) is 0 Å². The van der Waals surface area contributed by atoms with E-state index in [1.54, 1.807) is 40.0 Å². The Morgan fingerprint density at radius 3 is 2.16 bits per heavy atom. The number of halogens is 3. The minimum absolute atomic E-state index is 0.0903. The predicted molar refractivity (Wildman–Crippen MR) is 91.3 cm³/mol. The van der Waals surface area contributed by atoms with Crippen LogP contribution in [0.15, 0.2) is 30.5 Å². The zero-order valence-electron chi connectivity index (χ0n) is 15.0. The highest BCUT2D eigenvalue weighted by Crippen LogP contribution is 2.38. The Hall–Kier alpha value is -2.31. The molecule has 0 aliphatic heterocycles. The summed E-state index contributed by atoms with van der Waals surface area (Å²) in [5.74, 6) is -0.244. The third-order valence-corrected chi connectivity index (χ3v) is 3.50. The molecule has 7 heteroatoms. The van der Waals surface area contributed by atoms with Gasteiger partial charge in [0.15, 0.2) is 5.82 Å². The molecule has 25 heavy (non-hydrogen) atoms. The van der Waals surface area contributed by atoms with Crippen LogP contribution in [0.1, 0.15) is 38.8 Å². The van der Waals surface area contributed by atoms with Gasteiger partial charge in [0, 0.05) is 18.9 Å². The van der Waals surface area contributed by atoms with E-state index in [0.29, 0.717) is 5.69 Å². The molecule has 0 fully saturated rings. The van der Waals surface area contributed by atoms with Gasteiger partial charge in [-0.05, 0) is 44.9 Å². The number of hydrogen-bond acceptors (Lipinski definition) is 4. The summed E-state index contributed by atoms with van der Waals surface area (Å²) in [5.41, 5.74) is 0.185. The zero-order valence-corrected chi connectivity index (χ0v) is 15.0. The second kappa shape index (κ2) is 6.90. The first-order chi connectivity index (χ1) is 11.5. The van der Waals surface area contributed by atoms with E-state index in [2.05, 4.69) is 9.97 Å². The minimum Gasteiger partial charge on any atom is -0.458 e. The Morgan fingerprint density at radius 2 is 1.68 bits per heavy atom. The number of anilines is 2. The summed E-state index contributed by atoms with van der Waals surface area (Å²) >= 11 is 0. The molecule has 1 heterocycles. The van der Waals surface area contributed by atoms with E-state index < -0.39 is 17.3 Å². The molecule has 0 aliphatic rings. The van der Waals surface area contributed by atoms with Gasteiger partial charge in [-0.3, -0.25) is 0 Å². The highest BCUT2D eigenvalue weighted by Gasteiger charge is 2.37. The Morgan fingerprint density at radius 1 is 1.08 bits per heavy atom. The van der Waals surface area contributed by atoms with E-state index >= 15 is 0 Å². The molecule has 0 unspecified atom stereocenters. The van der Waals surface area contributed by atoms with Crippen LogP contribution in [0, 0.1) is 0 Å². The average molecular weight is 353 g/mol. The maximum atomic E-state index is 13.4. The minimum atomic E-state index is -4.56. The van der Waals surface area contributed by atoms with Crippen molar-refractivity contribution in [1.82, 2.24) is 9.97 Å². The van der Waals surface area contributed by atoms with Gasteiger partial charge < -0.3 is 9.64 Å². The summed E-state index contributed by atoms with van der Waals surface area (Å²) in [6.45, 7) is 7.35. The fourth-order valence-electron chi connectivity index (χ4n) is 2.21. The van der Waals surface area contributed by atoms with Gasteiger partial charge in [0.1, 0.15) is 11.2 Å². The first kappa shape index (κ1) is 19.0. The van der Waals surface area contributed by atoms with Crippen LogP contribution in [-0.2, 0) is 12.6 Å². The summed E-state index contributed by atoms with van der Waals surface area (Å²) in [7, 11) is 1.54. The van der Waals surface area contributed by atoms with Crippen LogP contribution in [-0.4, -0.2) is 22.6 Å². The maximum Gasteiger partial charge on any atom is 0.421 e. The average Bonchev–Trinajstić information content (AvgIpc) is 2.51. The van der Waals surface area contributed by atoms with E-state index in [1.807, 2.05) is 19.1 Å². The van der Waals surface area contributed by atoms with Crippen LogP contribution >= 0.6 is 0 Å². The number of benzene rings is 1. The van der Waals surface area contributed by atoms with E-state index in [9.17, 15) is 13.2 Å². The predicted octanol–water partition coefficient (Wildman–Crippen LogP) is 5.00. The van der Waals surface area contributed by atoms with E-state index in [4.69, 9.17) is 4.74 Å². The molecule has 0 saturated heterocycles. The van der Waals surface area contributed by atoms with Gasteiger partial charge in [-0.25, -0.2) is 4.98 Å². The fourth-order valence-corrected chi connectivity index (χ4v) is 2.21. The number of aryl methyl sites for hydroxylation is 1. The van der Waals surface area contributed by atoms with Crippen LogP contribution in [0.2, 0.25) is 0 Å². The summed E-state index contributed by atoms with van der Waals surface area (Å²) in [4.78, 5) is 9.12. The maximum absolute atomic E-state index is 13.4. The normalized spacial score (nSPS) is 12.2. The molecule has 2 aromatic rings. The van der Waals surface area contributed by atoms with E-state index in [1.165, 1.54) is 4.90 Å². The van der Waals surface area contributed by atoms with Gasteiger partial charge in [0.25, 0.3) is 0 Å². The van der Waals surface area contributed by atoms with E-state index in [0.717, 1.165) is 18.2 Å². The molecule has 2 rings (SSSR count). The van der Waals surface area contributed by atoms with Gasteiger partial charge in [0.05, 0.1) is 0 Å². The number of hydrogen-bond donors (Lipinski definition) is 0. The summed E-state index contributed by atoms with van der Waals surface area (Å²) in [6, 6.07) is 7.21. The van der Waals surface area contributed by atoms with Crippen molar-refractivity contribution in [2.45, 2.75) is 45.9 Å². The van der Waals surface area contributed by atoms with E-state index in [-0.39, 0.29) is 11.8 Å². The number of alkyl halides is 3. The molecule has 136 valence electrons. The number of nitrogens with zero attached hydrogens (tertiary/aromatic N) is 3. The van der Waals surface area contributed by atoms with Gasteiger partial charge in [-0.1, -0.05) is 19.1 Å². The molecular weight excluding hydrogens is 331 g/mol. The molecule has 4 nitrogen and oxygen atoms in total. The second-order valence-corrected chi connectivity index (χ2v) is 6.68.